The van der Waals surface area contributed by atoms with Gasteiger partial charge in [0, 0.05) is 11.0 Å². The molecule has 0 spiro atoms. The van der Waals surface area contributed by atoms with Crippen molar-refractivity contribution in [2.45, 2.75) is 6.54 Å². The monoisotopic (exact) mass is 357 g/mol. The Morgan fingerprint density at radius 2 is 2.10 bits per heavy atom. The lowest BCUT2D eigenvalue weighted by atomic mass is 10.2. The molecular formula is C14H10BrClFNO2. The van der Waals surface area contributed by atoms with Crippen molar-refractivity contribution < 1.29 is 13.9 Å². The van der Waals surface area contributed by atoms with Crippen LogP contribution < -0.4 is 14.8 Å². The highest BCUT2D eigenvalue weighted by Crippen LogP contribution is 2.39. The highest BCUT2D eigenvalue weighted by molar-refractivity contribution is 9.10. The molecule has 1 aliphatic rings. The van der Waals surface area contributed by atoms with Crippen molar-refractivity contribution in [2.75, 3.05) is 12.1 Å². The predicted molar refractivity (Wildman–Crippen MR) is 79.0 cm³/mol. The summed E-state index contributed by atoms with van der Waals surface area (Å²) in [7, 11) is 0. The zero-order valence-corrected chi connectivity index (χ0v) is 12.6. The van der Waals surface area contributed by atoms with E-state index in [0.29, 0.717) is 33.2 Å². The molecule has 20 heavy (non-hydrogen) atoms. The molecule has 2 aromatic rings. The lowest BCUT2D eigenvalue weighted by Crippen LogP contribution is -2.01. The number of anilines is 1. The number of nitrogens with one attached hydrogen (secondary N) is 1. The van der Waals surface area contributed by atoms with Gasteiger partial charge in [-0.1, -0.05) is 27.5 Å². The Morgan fingerprint density at radius 1 is 1.25 bits per heavy atom. The second kappa shape index (κ2) is 5.50. The van der Waals surface area contributed by atoms with E-state index in [1.807, 2.05) is 6.07 Å². The van der Waals surface area contributed by atoms with Crippen LogP contribution >= 0.6 is 27.5 Å². The first-order chi connectivity index (χ1) is 9.63. The summed E-state index contributed by atoms with van der Waals surface area (Å²) >= 11 is 9.32. The molecule has 0 amide bonds. The molecule has 104 valence electrons. The molecule has 0 saturated carbocycles. The Labute approximate surface area is 128 Å². The van der Waals surface area contributed by atoms with Gasteiger partial charge in [-0.3, -0.25) is 0 Å². The fourth-order valence-electron chi connectivity index (χ4n) is 1.95. The minimum atomic E-state index is -0.314. The largest absolute Gasteiger partial charge is 0.454 e. The summed E-state index contributed by atoms with van der Waals surface area (Å²) in [5, 5.41) is 3.52. The number of rotatable bonds is 3. The summed E-state index contributed by atoms with van der Waals surface area (Å²) in [4.78, 5) is 0. The van der Waals surface area contributed by atoms with Crippen LogP contribution in [0.5, 0.6) is 11.5 Å². The SMILES string of the molecule is Fc1cc(Br)ccc1NCc1cc(Cl)c2c(c1)OCO2. The second-order valence-electron chi connectivity index (χ2n) is 4.29. The lowest BCUT2D eigenvalue weighted by Gasteiger charge is -2.09. The summed E-state index contributed by atoms with van der Waals surface area (Å²) in [6, 6.07) is 8.47. The number of fused-ring (bicyclic) bond motifs is 1. The van der Waals surface area contributed by atoms with Crippen molar-refractivity contribution in [3.63, 3.8) is 0 Å². The van der Waals surface area contributed by atoms with E-state index in [0.717, 1.165) is 5.56 Å². The molecule has 0 aliphatic carbocycles. The third kappa shape index (κ3) is 2.69. The lowest BCUT2D eigenvalue weighted by molar-refractivity contribution is 0.174. The topological polar surface area (TPSA) is 30.5 Å². The quantitative estimate of drug-likeness (QED) is 0.871. The maximum atomic E-state index is 13.7. The number of hydrogen-bond acceptors (Lipinski definition) is 3. The number of benzene rings is 2. The molecule has 1 N–H and O–H groups in total. The average Bonchev–Trinajstić information content (AvgIpc) is 2.86. The third-order valence-electron chi connectivity index (χ3n) is 2.90. The predicted octanol–water partition coefficient (Wildman–Crippen LogP) is 4.58. The van der Waals surface area contributed by atoms with E-state index < -0.39 is 0 Å². The van der Waals surface area contributed by atoms with E-state index in [2.05, 4.69) is 21.2 Å². The zero-order chi connectivity index (χ0) is 14.1. The highest BCUT2D eigenvalue weighted by Gasteiger charge is 2.18. The van der Waals surface area contributed by atoms with Gasteiger partial charge in [0.1, 0.15) is 5.82 Å². The van der Waals surface area contributed by atoms with E-state index in [-0.39, 0.29) is 12.6 Å². The van der Waals surface area contributed by atoms with Crippen LogP contribution in [0, 0.1) is 5.82 Å². The third-order valence-corrected chi connectivity index (χ3v) is 3.68. The molecule has 0 radical (unpaired) electrons. The molecule has 6 heteroatoms. The van der Waals surface area contributed by atoms with Gasteiger partial charge in [-0.25, -0.2) is 4.39 Å². The van der Waals surface area contributed by atoms with Gasteiger partial charge in [-0.05, 0) is 35.9 Å². The van der Waals surface area contributed by atoms with E-state index in [9.17, 15) is 4.39 Å². The maximum absolute atomic E-state index is 13.7. The summed E-state index contributed by atoms with van der Waals surface area (Å²) < 4.78 is 24.9. The summed E-state index contributed by atoms with van der Waals surface area (Å²) in [6.07, 6.45) is 0. The van der Waals surface area contributed by atoms with Crippen molar-refractivity contribution in [3.8, 4) is 11.5 Å². The van der Waals surface area contributed by atoms with E-state index in [1.165, 1.54) is 6.07 Å². The maximum Gasteiger partial charge on any atom is 0.231 e. The van der Waals surface area contributed by atoms with E-state index in [4.69, 9.17) is 21.1 Å². The summed E-state index contributed by atoms with van der Waals surface area (Å²) in [5.74, 6) is 0.863. The fourth-order valence-corrected chi connectivity index (χ4v) is 2.57. The Kier molecular flexibility index (Phi) is 3.72. The molecule has 3 nitrogen and oxygen atoms in total. The Hall–Kier alpha value is -1.46. The first-order valence-corrected chi connectivity index (χ1v) is 7.07. The molecule has 0 bridgehead atoms. The van der Waals surface area contributed by atoms with Gasteiger partial charge in [0.2, 0.25) is 6.79 Å². The van der Waals surface area contributed by atoms with Crippen LogP contribution in [0.4, 0.5) is 10.1 Å². The van der Waals surface area contributed by atoms with Crippen molar-refractivity contribution in [3.05, 3.63) is 51.2 Å². The van der Waals surface area contributed by atoms with Gasteiger partial charge in [0.15, 0.2) is 11.5 Å². The van der Waals surface area contributed by atoms with Crippen LogP contribution in [0.25, 0.3) is 0 Å². The first kappa shape index (κ1) is 13.5. The van der Waals surface area contributed by atoms with Gasteiger partial charge in [-0.2, -0.15) is 0 Å². The fraction of sp³-hybridized carbons (Fsp3) is 0.143. The highest BCUT2D eigenvalue weighted by atomic mass is 79.9. The standard InChI is InChI=1S/C14H10BrClFNO2/c15-9-1-2-12(11(17)5-9)18-6-8-3-10(16)14-13(4-8)19-7-20-14/h1-5,18H,6-7H2. The van der Waals surface area contributed by atoms with Gasteiger partial charge < -0.3 is 14.8 Å². The molecule has 0 saturated heterocycles. The summed E-state index contributed by atoms with van der Waals surface area (Å²) in [6.45, 7) is 0.613. The molecule has 0 unspecified atom stereocenters. The van der Waals surface area contributed by atoms with Gasteiger partial charge >= 0.3 is 0 Å². The van der Waals surface area contributed by atoms with Crippen molar-refractivity contribution >= 4 is 33.2 Å². The minimum absolute atomic E-state index is 0.174. The first-order valence-electron chi connectivity index (χ1n) is 5.90. The molecule has 3 rings (SSSR count). The Morgan fingerprint density at radius 3 is 2.90 bits per heavy atom. The van der Waals surface area contributed by atoms with Gasteiger partial charge in [-0.15, -0.1) is 0 Å². The smallest absolute Gasteiger partial charge is 0.231 e. The molecule has 1 heterocycles. The molecule has 0 fully saturated rings. The average molecular weight is 359 g/mol. The number of hydrogen-bond donors (Lipinski definition) is 1. The molecule has 0 atom stereocenters. The van der Waals surface area contributed by atoms with Crippen LogP contribution in [0.15, 0.2) is 34.8 Å². The van der Waals surface area contributed by atoms with E-state index in [1.54, 1.807) is 18.2 Å². The van der Waals surface area contributed by atoms with Crippen LogP contribution in [0.3, 0.4) is 0 Å². The van der Waals surface area contributed by atoms with Gasteiger partial charge in [0.25, 0.3) is 0 Å². The Balaban J connectivity index is 1.77. The zero-order valence-electron chi connectivity index (χ0n) is 10.3. The van der Waals surface area contributed by atoms with Crippen molar-refractivity contribution in [2.24, 2.45) is 0 Å². The molecule has 0 aromatic heterocycles. The van der Waals surface area contributed by atoms with Crippen molar-refractivity contribution in [1.29, 1.82) is 0 Å². The molecular weight excluding hydrogens is 349 g/mol. The number of halogens is 3. The van der Waals surface area contributed by atoms with Crippen LogP contribution in [0.2, 0.25) is 5.02 Å². The summed E-state index contributed by atoms with van der Waals surface area (Å²) in [5.41, 5.74) is 1.32. The van der Waals surface area contributed by atoms with Gasteiger partial charge in [0.05, 0.1) is 10.7 Å². The van der Waals surface area contributed by atoms with Crippen LogP contribution in [-0.4, -0.2) is 6.79 Å². The van der Waals surface area contributed by atoms with E-state index >= 15 is 0 Å². The molecule has 1 aliphatic heterocycles. The normalized spacial score (nSPS) is 12.6. The minimum Gasteiger partial charge on any atom is -0.454 e. The van der Waals surface area contributed by atoms with Crippen LogP contribution in [0.1, 0.15) is 5.56 Å². The Bertz CT molecular complexity index is 666. The molecule has 2 aromatic carbocycles. The number of ether oxygens (including phenoxy) is 2. The second-order valence-corrected chi connectivity index (χ2v) is 5.61. The van der Waals surface area contributed by atoms with Crippen LogP contribution in [-0.2, 0) is 6.54 Å². The van der Waals surface area contributed by atoms with Crippen molar-refractivity contribution in [1.82, 2.24) is 0 Å².